The van der Waals surface area contributed by atoms with Crippen LogP contribution in [0, 0.1) is 40.4 Å². The van der Waals surface area contributed by atoms with Crippen molar-refractivity contribution in [3.63, 3.8) is 0 Å². The molecule has 0 amide bonds. The van der Waals surface area contributed by atoms with E-state index in [9.17, 15) is 9.59 Å². The normalized spacial score (nSPS) is 52.5. The molecule has 7 atom stereocenters. The average molecular weight is 316 g/mol. The number of carbonyl (C=O) groups is 2. The Balaban J connectivity index is 1.63. The third-order valence-electron chi connectivity index (χ3n) is 8.97. The van der Waals surface area contributed by atoms with E-state index in [4.69, 9.17) is 0 Å². The van der Waals surface area contributed by atoms with E-state index in [1.54, 1.807) is 0 Å². The minimum atomic E-state index is 0.265. The van der Waals surface area contributed by atoms with Gasteiger partial charge in [0.2, 0.25) is 0 Å². The van der Waals surface area contributed by atoms with E-state index in [0.29, 0.717) is 28.8 Å². The van der Waals surface area contributed by atoms with Gasteiger partial charge in [0.1, 0.15) is 11.6 Å². The maximum atomic E-state index is 12.2. The molecule has 0 aromatic carbocycles. The molecule has 2 heteroatoms. The van der Waals surface area contributed by atoms with Crippen LogP contribution in [0.15, 0.2) is 0 Å². The Hall–Kier alpha value is -0.660. The first kappa shape index (κ1) is 15.8. The van der Waals surface area contributed by atoms with Crippen LogP contribution in [0.2, 0.25) is 0 Å². The lowest BCUT2D eigenvalue weighted by atomic mass is 9.44. The predicted molar refractivity (Wildman–Crippen MR) is 90.9 cm³/mol. The molecule has 0 aliphatic heterocycles. The minimum absolute atomic E-state index is 0.265. The van der Waals surface area contributed by atoms with Crippen LogP contribution in [0.5, 0.6) is 0 Å². The molecule has 0 aromatic rings. The van der Waals surface area contributed by atoms with E-state index in [0.717, 1.165) is 43.4 Å². The second-order valence-electron chi connectivity index (χ2n) is 9.68. The monoisotopic (exact) mass is 316 g/mol. The summed E-state index contributed by atoms with van der Waals surface area (Å²) in [7, 11) is 0. The smallest absolute Gasteiger partial charge is 0.133 e. The van der Waals surface area contributed by atoms with E-state index in [2.05, 4.69) is 13.8 Å². The van der Waals surface area contributed by atoms with Crippen molar-refractivity contribution in [2.45, 2.75) is 78.6 Å². The van der Waals surface area contributed by atoms with Crippen LogP contribution in [0.1, 0.15) is 78.6 Å². The minimum Gasteiger partial charge on any atom is -0.300 e. The maximum absolute atomic E-state index is 12.2. The Kier molecular flexibility index (Phi) is 3.56. The molecule has 0 spiro atoms. The highest BCUT2D eigenvalue weighted by molar-refractivity contribution is 5.80. The lowest BCUT2D eigenvalue weighted by molar-refractivity contribution is -0.143. The van der Waals surface area contributed by atoms with Gasteiger partial charge in [0, 0.05) is 18.8 Å². The number of Topliss-reactive ketones (excluding diaryl/α,β-unsaturated/α-hetero) is 2. The van der Waals surface area contributed by atoms with E-state index in [1.807, 2.05) is 6.92 Å². The standard InChI is InChI=1S/C21H32O2/c1-13(22)17-6-7-18-16-5-4-14-12-15(23)8-10-20(14,2)19(16)9-11-21(17,18)3/h14,16-19H,4-12H2,1-3H3/t14-,16-,17-,18-,19-,20-,21+/m0/s1. The second kappa shape index (κ2) is 5.17. The van der Waals surface area contributed by atoms with Gasteiger partial charge in [0.25, 0.3) is 0 Å². The molecule has 0 radical (unpaired) electrons. The largest absolute Gasteiger partial charge is 0.300 e. The van der Waals surface area contributed by atoms with Crippen molar-refractivity contribution in [1.82, 2.24) is 0 Å². The van der Waals surface area contributed by atoms with Gasteiger partial charge in [0.05, 0.1) is 0 Å². The highest BCUT2D eigenvalue weighted by Gasteiger charge is 2.60. The van der Waals surface area contributed by atoms with E-state index < -0.39 is 0 Å². The summed E-state index contributed by atoms with van der Waals surface area (Å²) < 4.78 is 0. The Morgan fingerprint density at radius 2 is 1.70 bits per heavy atom. The summed E-state index contributed by atoms with van der Waals surface area (Å²) >= 11 is 0. The molecule has 0 aromatic heterocycles. The number of carbonyl (C=O) groups excluding carboxylic acids is 2. The molecular weight excluding hydrogens is 284 g/mol. The summed E-state index contributed by atoms with van der Waals surface area (Å²) in [4.78, 5) is 24.1. The number of hydrogen-bond donors (Lipinski definition) is 0. The fraction of sp³-hybridized carbons (Fsp3) is 0.905. The quantitative estimate of drug-likeness (QED) is 0.696. The van der Waals surface area contributed by atoms with Crippen LogP contribution < -0.4 is 0 Å². The Morgan fingerprint density at radius 3 is 2.43 bits per heavy atom. The Labute approximate surface area is 140 Å². The molecule has 4 aliphatic rings. The van der Waals surface area contributed by atoms with Crippen molar-refractivity contribution >= 4 is 11.6 Å². The number of hydrogen-bond acceptors (Lipinski definition) is 2. The molecule has 4 fully saturated rings. The highest BCUT2D eigenvalue weighted by atomic mass is 16.1. The van der Waals surface area contributed by atoms with Gasteiger partial charge in [-0.15, -0.1) is 0 Å². The fourth-order valence-corrected chi connectivity index (χ4v) is 7.71. The second-order valence-corrected chi connectivity index (χ2v) is 9.68. The lowest BCUT2D eigenvalue weighted by Crippen LogP contribution is -2.53. The zero-order valence-corrected chi connectivity index (χ0v) is 15.1. The summed E-state index contributed by atoms with van der Waals surface area (Å²) in [5.74, 6) is 4.25. The van der Waals surface area contributed by atoms with E-state index in [1.165, 1.54) is 32.1 Å². The molecule has 0 heterocycles. The van der Waals surface area contributed by atoms with Gasteiger partial charge in [-0.25, -0.2) is 0 Å². The molecule has 0 bridgehead atoms. The van der Waals surface area contributed by atoms with Crippen LogP contribution in [-0.4, -0.2) is 11.6 Å². The molecule has 128 valence electrons. The topological polar surface area (TPSA) is 34.1 Å². The van der Waals surface area contributed by atoms with Gasteiger partial charge in [-0.3, -0.25) is 9.59 Å². The van der Waals surface area contributed by atoms with Crippen LogP contribution in [-0.2, 0) is 9.59 Å². The predicted octanol–water partition coefficient (Wildman–Crippen LogP) is 4.80. The van der Waals surface area contributed by atoms with E-state index >= 15 is 0 Å². The highest BCUT2D eigenvalue weighted by Crippen LogP contribution is 2.67. The van der Waals surface area contributed by atoms with Crippen molar-refractivity contribution in [2.75, 3.05) is 0 Å². The fourth-order valence-electron chi connectivity index (χ4n) is 7.71. The summed E-state index contributed by atoms with van der Waals surface area (Å²) in [5.41, 5.74) is 0.660. The van der Waals surface area contributed by atoms with Gasteiger partial charge in [-0.05, 0) is 86.4 Å². The van der Waals surface area contributed by atoms with Gasteiger partial charge < -0.3 is 0 Å². The van der Waals surface area contributed by atoms with Crippen molar-refractivity contribution < 1.29 is 9.59 Å². The molecule has 4 saturated carbocycles. The summed E-state index contributed by atoms with van der Waals surface area (Å²) in [6.07, 6.45) is 10.3. The molecular formula is C21H32O2. The first-order valence-corrected chi connectivity index (χ1v) is 9.88. The Bertz CT molecular complexity index is 538. The van der Waals surface area contributed by atoms with Crippen molar-refractivity contribution in [1.29, 1.82) is 0 Å². The number of ketones is 2. The lowest BCUT2D eigenvalue weighted by Gasteiger charge is -2.60. The molecule has 4 rings (SSSR count). The molecule has 4 aliphatic carbocycles. The van der Waals surface area contributed by atoms with Gasteiger partial charge >= 0.3 is 0 Å². The molecule has 0 saturated heterocycles. The third kappa shape index (κ3) is 2.12. The number of rotatable bonds is 1. The van der Waals surface area contributed by atoms with Crippen LogP contribution >= 0.6 is 0 Å². The summed E-state index contributed by atoms with van der Waals surface area (Å²) in [6, 6.07) is 0. The molecule has 2 nitrogen and oxygen atoms in total. The van der Waals surface area contributed by atoms with Crippen molar-refractivity contribution in [3.05, 3.63) is 0 Å². The first-order valence-electron chi connectivity index (χ1n) is 9.88. The SMILES string of the molecule is CC(=O)[C@@H]1CC[C@H]2[C@@H]3CC[C@H]4CC(=O)CC[C@]4(C)[C@H]3CC[C@]12C. The van der Waals surface area contributed by atoms with Gasteiger partial charge in [-0.2, -0.15) is 0 Å². The zero-order chi connectivity index (χ0) is 16.4. The van der Waals surface area contributed by atoms with Crippen LogP contribution in [0.25, 0.3) is 0 Å². The Morgan fingerprint density at radius 1 is 0.957 bits per heavy atom. The zero-order valence-electron chi connectivity index (χ0n) is 15.1. The summed E-state index contributed by atoms with van der Waals surface area (Å²) in [5, 5.41) is 0. The average Bonchev–Trinajstić information content (AvgIpc) is 2.85. The summed E-state index contributed by atoms with van der Waals surface area (Å²) in [6.45, 7) is 6.74. The van der Waals surface area contributed by atoms with E-state index in [-0.39, 0.29) is 5.41 Å². The molecule has 23 heavy (non-hydrogen) atoms. The third-order valence-corrected chi connectivity index (χ3v) is 8.97. The molecule has 0 unspecified atom stereocenters. The molecule has 0 N–H and O–H groups in total. The van der Waals surface area contributed by atoms with Crippen molar-refractivity contribution in [3.8, 4) is 0 Å². The van der Waals surface area contributed by atoms with Crippen LogP contribution in [0.4, 0.5) is 0 Å². The maximum Gasteiger partial charge on any atom is 0.133 e. The van der Waals surface area contributed by atoms with Crippen molar-refractivity contribution in [2.24, 2.45) is 40.4 Å². The van der Waals surface area contributed by atoms with Gasteiger partial charge in [-0.1, -0.05) is 13.8 Å². The first-order chi connectivity index (χ1) is 10.9. The number of fused-ring (bicyclic) bond motifs is 5. The van der Waals surface area contributed by atoms with Gasteiger partial charge in [0.15, 0.2) is 0 Å². The van der Waals surface area contributed by atoms with Crippen LogP contribution in [0.3, 0.4) is 0 Å².